The molecule has 3 heteroatoms. The fourth-order valence-electron chi connectivity index (χ4n) is 2.20. The van der Waals surface area contributed by atoms with Gasteiger partial charge in [0.15, 0.2) is 0 Å². The second-order valence-corrected chi connectivity index (χ2v) is 6.64. The van der Waals surface area contributed by atoms with E-state index in [0.29, 0.717) is 23.3 Å². The van der Waals surface area contributed by atoms with Gasteiger partial charge in [-0.05, 0) is 43.8 Å². The van der Waals surface area contributed by atoms with Gasteiger partial charge in [0.25, 0.3) is 0 Å². The largest absolute Gasteiger partial charge is 0.507 e. The molecule has 0 atom stereocenters. The van der Waals surface area contributed by atoms with Crippen molar-refractivity contribution in [1.82, 2.24) is 4.90 Å². The first-order valence-corrected chi connectivity index (χ1v) is 8.00. The zero-order valence-corrected chi connectivity index (χ0v) is 14.2. The number of hydrogen-bond acceptors (Lipinski definition) is 3. The number of nitrogens with zero attached hydrogens (tertiary/aromatic N) is 1. The highest BCUT2D eigenvalue weighted by Crippen LogP contribution is 2.25. The van der Waals surface area contributed by atoms with E-state index in [0.717, 1.165) is 25.2 Å². The molecule has 0 amide bonds. The first-order chi connectivity index (χ1) is 9.92. The fraction of sp³-hybridized carbons (Fsp3) is 0.667. The smallest absolute Gasteiger partial charge is 0.123 e. The Morgan fingerprint density at radius 2 is 1.62 bits per heavy atom. The SMILES string of the molecule is COc1ccc(CN(CCC(C)C)CCC(C)C)c(O)c1. The van der Waals surface area contributed by atoms with E-state index >= 15 is 0 Å². The highest BCUT2D eigenvalue weighted by Gasteiger charge is 2.11. The van der Waals surface area contributed by atoms with Crippen LogP contribution in [0.4, 0.5) is 0 Å². The molecule has 1 rings (SSSR count). The average molecular weight is 293 g/mol. The summed E-state index contributed by atoms with van der Waals surface area (Å²) in [5.41, 5.74) is 0.975. The van der Waals surface area contributed by atoms with Gasteiger partial charge in [-0.25, -0.2) is 0 Å². The van der Waals surface area contributed by atoms with Gasteiger partial charge in [0.05, 0.1) is 7.11 Å². The molecular weight excluding hydrogens is 262 g/mol. The molecule has 0 aliphatic heterocycles. The van der Waals surface area contributed by atoms with Crippen LogP contribution in [-0.4, -0.2) is 30.2 Å². The van der Waals surface area contributed by atoms with E-state index in [1.54, 1.807) is 13.2 Å². The van der Waals surface area contributed by atoms with E-state index in [9.17, 15) is 5.11 Å². The standard InChI is InChI=1S/C18H31NO2/c1-14(2)8-10-19(11-9-15(3)4)13-16-6-7-17(21-5)12-18(16)20/h6-7,12,14-15,20H,8-11,13H2,1-5H3. The van der Waals surface area contributed by atoms with E-state index in [-0.39, 0.29) is 0 Å². The lowest BCUT2D eigenvalue weighted by molar-refractivity contribution is 0.233. The molecule has 0 bridgehead atoms. The van der Waals surface area contributed by atoms with Crippen LogP contribution in [0.25, 0.3) is 0 Å². The third-order valence-corrected chi connectivity index (χ3v) is 3.73. The van der Waals surface area contributed by atoms with Gasteiger partial charge >= 0.3 is 0 Å². The van der Waals surface area contributed by atoms with Gasteiger partial charge in [0, 0.05) is 18.2 Å². The van der Waals surface area contributed by atoms with E-state index in [1.807, 2.05) is 12.1 Å². The number of hydrogen-bond donors (Lipinski definition) is 1. The number of rotatable bonds is 9. The average Bonchev–Trinajstić information content (AvgIpc) is 2.43. The molecule has 0 aromatic heterocycles. The molecule has 0 heterocycles. The van der Waals surface area contributed by atoms with E-state index < -0.39 is 0 Å². The first-order valence-electron chi connectivity index (χ1n) is 8.00. The van der Waals surface area contributed by atoms with Crippen LogP contribution >= 0.6 is 0 Å². The summed E-state index contributed by atoms with van der Waals surface area (Å²) in [4.78, 5) is 2.45. The van der Waals surface area contributed by atoms with Crippen LogP contribution < -0.4 is 4.74 Å². The molecule has 21 heavy (non-hydrogen) atoms. The summed E-state index contributed by atoms with van der Waals surface area (Å²) in [6.45, 7) is 12.0. The van der Waals surface area contributed by atoms with Crippen molar-refractivity contribution in [2.75, 3.05) is 20.2 Å². The Hall–Kier alpha value is -1.22. The van der Waals surface area contributed by atoms with Crippen molar-refractivity contribution in [3.05, 3.63) is 23.8 Å². The summed E-state index contributed by atoms with van der Waals surface area (Å²) in [5.74, 6) is 2.44. The minimum absolute atomic E-state index is 0.327. The molecule has 0 fully saturated rings. The fourth-order valence-corrected chi connectivity index (χ4v) is 2.20. The van der Waals surface area contributed by atoms with Crippen LogP contribution in [0.3, 0.4) is 0 Å². The number of ether oxygens (including phenoxy) is 1. The summed E-state index contributed by atoms with van der Waals surface area (Å²) in [6, 6.07) is 5.57. The molecule has 3 nitrogen and oxygen atoms in total. The minimum atomic E-state index is 0.327. The topological polar surface area (TPSA) is 32.7 Å². The summed E-state index contributed by atoms with van der Waals surface area (Å²) in [7, 11) is 1.62. The van der Waals surface area contributed by atoms with Crippen LogP contribution in [0.2, 0.25) is 0 Å². The van der Waals surface area contributed by atoms with Crippen LogP contribution in [0.1, 0.15) is 46.1 Å². The Bertz CT molecular complexity index is 404. The van der Waals surface area contributed by atoms with Crippen molar-refractivity contribution in [3.63, 3.8) is 0 Å². The molecule has 1 N–H and O–H groups in total. The lowest BCUT2D eigenvalue weighted by atomic mass is 10.1. The van der Waals surface area contributed by atoms with Crippen LogP contribution in [0.15, 0.2) is 18.2 Å². The monoisotopic (exact) mass is 293 g/mol. The molecule has 0 saturated carbocycles. The molecule has 0 aliphatic carbocycles. The maximum atomic E-state index is 10.1. The third-order valence-electron chi connectivity index (χ3n) is 3.73. The normalized spacial score (nSPS) is 11.6. The number of phenolic OH excluding ortho intramolecular Hbond substituents is 1. The maximum Gasteiger partial charge on any atom is 0.123 e. The second-order valence-electron chi connectivity index (χ2n) is 6.64. The molecule has 1 aromatic carbocycles. The Morgan fingerprint density at radius 3 is 2.05 bits per heavy atom. The van der Waals surface area contributed by atoms with E-state index in [4.69, 9.17) is 4.74 Å². The summed E-state index contributed by atoms with van der Waals surface area (Å²) in [6.07, 6.45) is 2.38. The van der Waals surface area contributed by atoms with Gasteiger partial charge in [-0.3, -0.25) is 4.90 Å². The molecule has 0 unspecified atom stereocenters. The molecule has 0 radical (unpaired) electrons. The third kappa shape index (κ3) is 6.85. The van der Waals surface area contributed by atoms with Crippen molar-refractivity contribution in [1.29, 1.82) is 0 Å². The highest BCUT2D eigenvalue weighted by atomic mass is 16.5. The molecule has 120 valence electrons. The van der Waals surface area contributed by atoms with Gasteiger partial charge in [0.2, 0.25) is 0 Å². The first kappa shape index (κ1) is 17.8. The molecule has 0 spiro atoms. The van der Waals surface area contributed by atoms with Crippen molar-refractivity contribution in [2.24, 2.45) is 11.8 Å². The van der Waals surface area contributed by atoms with Gasteiger partial charge < -0.3 is 9.84 Å². The lowest BCUT2D eigenvalue weighted by Gasteiger charge is -2.24. The minimum Gasteiger partial charge on any atom is -0.507 e. The van der Waals surface area contributed by atoms with Crippen LogP contribution in [-0.2, 0) is 6.54 Å². The number of phenols is 1. The van der Waals surface area contributed by atoms with Gasteiger partial charge in [-0.2, -0.15) is 0 Å². The number of methoxy groups -OCH3 is 1. The Morgan fingerprint density at radius 1 is 1.05 bits per heavy atom. The van der Waals surface area contributed by atoms with E-state index in [2.05, 4.69) is 32.6 Å². The molecule has 0 aliphatic rings. The zero-order valence-electron chi connectivity index (χ0n) is 14.2. The lowest BCUT2D eigenvalue weighted by Crippen LogP contribution is -2.27. The van der Waals surface area contributed by atoms with Crippen molar-refractivity contribution < 1.29 is 9.84 Å². The molecular formula is C18H31NO2. The Labute approximate surface area is 129 Å². The number of aromatic hydroxyl groups is 1. The maximum absolute atomic E-state index is 10.1. The molecule has 1 aromatic rings. The van der Waals surface area contributed by atoms with Crippen LogP contribution in [0, 0.1) is 11.8 Å². The molecule has 0 saturated heterocycles. The summed E-state index contributed by atoms with van der Waals surface area (Å²) in [5, 5.41) is 10.1. The predicted octanol–water partition coefficient (Wildman–Crippen LogP) is 4.30. The van der Waals surface area contributed by atoms with Gasteiger partial charge in [0.1, 0.15) is 11.5 Å². The highest BCUT2D eigenvalue weighted by molar-refractivity contribution is 5.39. The quantitative estimate of drug-likeness (QED) is 0.737. The van der Waals surface area contributed by atoms with Gasteiger partial charge in [-0.1, -0.05) is 33.8 Å². The van der Waals surface area contributed by atoms with Crippen molar-refractivity contribution in [2.45, 2.75) is 47.1 Å². The van der Waals surface area contributed by atoms with Gasteiger partial charge in [-0.15, -0.1) is 0 Å². The van der Waals surface area contributed by atoms with Crippen LogP contribution in [0.5, 0.6) is 11.5 Å². The Kier molecular flexibility index (Phi) is 7.58. The van der Waals surface area contributed by atoms with E-state index in [1.165, 1.54) is 12.8 Å². The number of benzene rings is 1. The zero-order chi connectivity index (χ0) is 15.8. The summed E-state index contributed by atoms with van der Waals surface area (Å²) < 4.78 is 5.14. The van der Waals surface area contributed by atoms with Crippen molar-refractivity contribution >= 4 is 0 Å². The Balaban J connectivity index is 2.69. The predicted molar refractivity (Wildman–Crippen MR) is 88.8 cm³/mol. The van der Waals surface area contributed by atoms with Crippen molar-refractivity contribution in [3.8, 4) is 11.5 Å². The summed E-state index contributed by atoms with van der Waals surface area (Å²) >= 11 is 0. The second kappa shape index (κ2) is 8.93.